The van der Waals surface area contributed by atoms with Crippen LogP contribution in [0.5, 0.6) is 0 Å². The number of nitrogens with one attached hydrogen (secondary N) is 1. The van der Waals surface area contributed by atoms with E-state index in [1.54, 1.807) is 0 Å². The summed E-state index contributed by atoms with van der Waals surface area (Å²) >= 11 is 0. The standard InChI is InChI=1S/C12H24N2O2/c1-4-7-14-9-12(2,3)13-8-10(14)5-6-11(15)16/h10,13H,4-9H2,1-3H3,(H,15,16). The van der Waals surface area contributed by atoms with Gasteiger partial charge in [0.05, 0.1) is 0 Å². The van der Waals surface area contributed by atoms with Crippen molar-refractivity contribution < 1.29 is 9.90 Å². The molecular formula is C12H24N2O2. The number of nitrogens with zero attached hydrogens (tertiary/aromatic N) is 1. The molecule has 0 spiro atoms. The van der Waals surface area contributed by atoms with Crippen LogP contribution in [0, 0.1) is 0 Å². The third-order valence-corrected chi connectivity index (χ3v) is 3.13. The average molecular weight is 228 g/mol. The van der Waals surface area contributed by atoms with Crippen LogP contribution in [-0.2, 0) is 4.79 Å². The van der Waals surface area contributed by atoms with Crippen molar-refractivity contribution >= 4 is 5.97 Å². The highest BCUT2D eigenvalue weighted by Gasteiger charge is 2.31. The zero-order valence-corrected chi connectivity index (χ0v) is 10.6. The fourth-order valence-electron chi connectivity index (χ4n) is 2.34. The lowest BCUT2D eigenvalue weighted by Crippen LogP contribution is -2.61. The molecule has 1 saturated heterocycles. The van der Waals surface area contributed by atoms with E-state index in [9.17, 15) is 4.79 Å². The number of hydrogen-bond acceptors (Lipinski definition) is 3. The first-order valence-corrected chi connectivity index (χ1v) is 6.15. The lowest BCUT2D eigenvalue weighted by Gasteiger charge is -2.44. The molecule has 0 saturated carbocycles. The van der Waals surface area contributed by atoms with Gasteiger partial charge in [-0.05, 0) is 33.2 Å². The first-order chi connectivity index (χ1) is 7.44. The Morgan fingerprint density at radius 3 is 2.81 bits per heavy atom. The van der Waals surface area contributed by atoms with Crippen molar-refractivity contribution in [1.82, 2.24) is 10.2 Å². The summed E-state index contributed by atoms with van der Waals surface area (Å²) < 4.78 is 0. The summed E-state index contributed by atoms with van der Waals surface area (Å²) in [6, 6.07) is 0.379. The summed E-state index contributed by atoms with van der Waals surface area (Å²) in [6.07, 6.45) is 2.14. The number of aliphatic carboxylic acids is 1. The van der Waals surface area contributed by atoms with E-state index in [2.05, 4.69) is 31.0 Å². The van der Waals surface area contributed by atoms with Gasteiger partial charge in [0.1, 0.15) is 0 Å². The van der Waals surface area contributed by atoms with Gasteiger partial charge >= 0.3 is 5.97 Å². The van der Waals surface area contributed by atoms with Crippen molar-refractivity contribution in [2.24, 2.45) is 0 Å². The third kappa shape index (κ3) is 4.10. The molecule has 0 radical (unpaired) electrons. The largest absolute Gasteiger partial charge is 0.481 e. The molecule has 0 bridgehead atoms. The minimum absolute atomic E-state index is 0.148. The van der Waals surface area contributed by atoms with Gasteiger partial charge in [-0.15, -0.1) is 0 Å². The Labute approximate surface area is 98.0 Å². The molecule has 0 aromatic heterocycles. The zero-order chi connectivity index (χ0) is 12.2. The molecule has 1 aliphatic rings. The maximum absolute atomic E-state index is 10.6. The predicted molar refractivity (Wildman–Crippen MR) is 64.6 cm³/mol. The molecule has 0 amide bonds. The molecule has 94 valence electrons. The molecule has 1 heterocycles. The van der Waals surface area contributed by atoms with E-state index < -0.39 is 5.97 Å². The maximum atomic E-state index is 10.6. The van der Waals surface area contributed by atoms with Crippen LogP contribution >= 0.6 is 0 Å². The van der Waals surface area contributed by atoms with E-state index >= 15 is 0 Å². The summed E-state index contributed by atoms with van der Waals surface area (Å²) in [6.45, 7) is 9.54. The van der Waals surface area contributed by atoms with Crippen molar-refractivity contribution in [3.05, 3.63) is 0 Å². The average Bonchev–Trinajstić information content (AvgIpc) is 2.15. The van der Waals surface area contributed by atoms with Gasteiger partial charge in [0, 0.05) is 31.1 Å². The second kappa shape index (κ2) is 5.64. The molecule has 4 nitrogen and oxygen atoms in total. The van der Waals surface area contributed by atoms with Crippen molar-refractivity contribution in [2.75, 3.05) is 19.6 Å². The van der Waals surface area contributed by atoms with Crippen molar-refractivity contribution in [2.45, 2.75) is 51.6 Å². The molecule has 0 aliphatic carbocycles. The number of piperazine rings is 1. The Hall–Kier alpha value is -0.610. The van der Waals surface area contributed by atoms with Gasteiger partial charge in [-0.3, -0.25) is 9.69 Å². The normalized spacial score (nSPS) is 25.6. The first-order valence-electron chi connectivity index (χ1n) is 6.15. The second-order valence-electron chi connectivity index (χ2n) is 5.32. The van der Waals surface area contributed by atoms with E-state index in [0.29, 0.717) is 6.04 Å². The Morgan fingerprint density at radius 1 is 1.56 bits per heavy atom. The van der Waals surface area contributed by atoms with Crippen molar-refractivity contribution in [3.63, 3.8) is 0 Å². The molecule has 1 rings (SSSR count). The Kier molecular flexibility index (Phi) is 4.74. The third-order valence-electron chi connectivity index (χ3n) is 3.13. The highest BCUT2D eigenvalue weighted by molar-refractivity contribution is 5.66. The lowest BCUT2D eigenvalue weighted by atomic mass is 9.96. The molecule has 1 atom stereocenters. The number of carbonyl (C=O) groups is 1. The fourth-order valence-corrected chi connectivity index (χ4v) is 2.34. The molecule has 1 unspecified atom stereocenters. The van der Waals surface area contributed by atoms with Crippen LogP contribution in [0.4, 0.5) is 0 Å². The highest BCUT2D eigenvalue weighted by Crippen LogP contribution is 2.18. The zero-order valence-electron chi connectivity index (χ0n) is 10.6. The molecule has 0 aromatic rings. The number of rotatable bonds is 5. The molecule has 0 aromatic carbocycles. The van der Waals surface area contributed by atoms with E-state index in [-0.39, 0.29) is 12.0 Å². The van der Waals surface area contributed by atoms with Gasteiger partial charge in [-0.25, -0.2) is 0 Å². The van der Waals surface area contributed by atoms with Gasteiger partial charge in [0.25, 0.3) is 0 Å². The molecule has 16 heavy (non-hydrogen) atoms. The summed E-state index contributed by atoms with van der Waals surface area (Å²) in [5.74, 6) is -0.693. The lowest BCUT2D eigenvalue weighted by molar-refractivity contribution is -0.137. The summed E-state index contributed by atoms with van der Waals surface area (Å²) in [7, 11) is 0. The monoisotopic (exact) mass is 228 g/mol. The van der Waals surface area contributed by atoms with Crippen LogP contribution in [0.3, 0.4) is 0 Å². The molecular weight excluding hydrogens is 204 g/mol. The maximum Gasteiger partial charge on any atom is 0.303 e. The summed E-state index contributed by atoms with van der Waals surface area (Å²) in [5.41, 5.74) is 0.148. The van der Waals surface area contributed by atoms with Gasteiger partial charge < -0.3 is 10.4 Å². The first kappa shape index (κ1) is 13.5. The molecule has 1 aliphatic heterocycles. The smallest absolute Gasteiger partial charge is 0.303 e. The number of carboxylic acid groups (broad SMARTS) is 1. The van der Waals surface area contributed by atoms with Crippen molar-refractivity contribution in [1.29, 1.82) is 0 Å². The predicted octanol–water partition coefficient (Wildman–Crippen LogP) is 1.31. The van der Waals surface area contributed by atoms with Crippen LogP contribution in [0.2, 0.25) is 0 Å². The molecule has 1 fully saturated rings. The SMILES string of the molecule is CCCN1CC(C)(C)NCC1CCC(=O)O. The Morgan fingerprint density at radius 2 is 2.25 bits per heavy atom. The number of hydrogen-bond donors (Lipinski definition) is 2. The van der Waals surface area contributed by atoms with Crippen LogP contribution in [0.1, 0.15) is 40.0 Å². The van der Waals surface area contributed by atoms with Crippen LogP contribution in [0.25, 0.3) is 0 Å². The minimum Gasteiger partial charge on any atom is -0.481 e. The summed E-state index contributed by atoms with van der Waals surface area (Å²) in [5, 5.41) is 12.2. The second-order valence-corrected chi connectivity index (χ2v) is 5.32. The van der Waals surface area contributed by atoms with Crippen LogP contribution in [-0.4, -0.2) is 47.2 Å². The highest BCUT2D eigenvalue weighted by atomic mass is 16.4. The van der Waals surface area contributed by atoms with Crippen LogP contribution < -0.4 is 5.32 Å². The quantitative estimate of drug-likeness (QED) is 0.745. The number of carboxylic acids is 1. The Balaban J connectivity index is 2.51. The fraction of sp³-hybridized carbons (Fsp3) is 0.917. The van der Waals surface area contributed by atoms with Crippen LogP contribution in [0.15, 0.2) is 0 Å². The molecule has 4 heteroatoms. The van der Waals surface area contributed by atoms with Gasteiger partial charge in [0.15, 0.2) is 0 Å². The van der Waals surface area contributed by atoms with E-state index in [1.807, 2.05) is 0 Å². The van der Waals surface area contributed by atoms with Gasteiger partial charge in [-0.1, -0.05) is 6.92 Å². The molecule has 2 N–H and O–H groups in total. The van der Waals surface area contributed by atoms with E-state index in [1.165, 1.54) is 0 Å². The minimum atomic E-state index is -0.693. The van der Waals surface area contributed by atoms with E-state index in [4.69, 9.17) is 5.11 Å². The van der Waals surface area contributed by atoms with Crippen molar-refractivity contribution in [3.8, 4) is 0 Å². The summed E-state index contributed by atoms with van der Waals surface area (Å²) in [4.78, 5) is 13.0. The van der Waals surface area contributed by atoms with E-state index in [0.717, 1.165) is 32.5 Å². The topological polar surface area (TPSA) is 52.6 Å². The Bertz CT molecular complexity index is 241. The van der Waals surface area contributed by atoms with Gasteiger partial charge in [0.2, 0.25) is 0 Å². The van der Waals surface area contributed by atoms with Gasteiger partial charge in [-0.2, -0.15) is 0 Å².